The minimum Gasteiger partial charge on any atom is -0.345 e. The topological polar surface area (TPSA) is 71.1 Å². The van der Waals surface area contributed by atoms with E-state index in [9.17, 15) is 9.59 Å². The first-order valence-corrected chi connectivity index (χ1v) is 9.75. The average molecular weight is 395 g/mol. The molecule has 3 aromatic carbocycles. The van der Waals surface area contributed by atoms with Crippen molar-refractivity contribution in [1.82, 2.24) is 10.3 Å². The van der Waals surface area contributed by atoms with Crippen LogP contribution in [-0.2, 0) is 4.79 Å². The van der Waals surface area contributed by atoms with Gasteiger partial charge in [-0.25, -0.2) is 0 Å². The fourth-order valence-corrected chi connectivity index (χ4v) is 3.37. The third-order valence-electron chi connectivity index (χ3n) is 4.85. The van der Waals surface area contributed by atoms with Crippen molar-refractivity contribution in [2.75, 3.05) is 5.32 Å². The highest BCUT2D eigenvalue weighted by Crippen LogP contribution is 2.23. The number of amides is 2. The maximum Gasteiger partial charge on any atom is 0.251 e. The van der Waals surface area contributed by atoms with Gasteiger partial charge in [0.2, 0.25) is 5.91 Å². The summed E-state index contributed by atoms with van der Waals surface area (Å²) in [6.07, 6.45) is 1.83. The number of carbonyl (C=O) groups excluding carboxylic acids is 2. The van der Waals surface area contributed by atoms with Gasteiger partial charge in [-0.15, -0.1) is 0 Å². The Bertz CT molecular complexity index is 1160. The number of aromatic nitrogens is 1. The van der Waals surface area contributed by atoms with E-state index >= 15 is 0 Å². The number of pyridine rings is 1. The lowest BCUT2D eigenvalue weighted by Crippen LogP contribution is -2.31. The minimum absolute atomic E-state index is 0.110. The van der Waals surface area contributed by atoms with E-state index in [2.05, 4.69) is 15.6 Å². The van der Waals surface area contributed by atoms with Crippen LogP contribution in [0.15, 0.2) is 97.2 Å². The zero-order chi connectivity index (χ0) is 20.8. The Labute approximate surface area is 174 Å². The predicted octanol–water partition coefficient (Wildman–Crippen LogP) is 4.73. The molecule has 0 aliphatic carbocycles. The van der Waals surface area contributed by atoms with Gasteiger partial charge in [0.1, 0.15) is 0 Å². The second-order valence-electron chi connectivity index (χ2n) is 6.93. The number of nitrogens with zero attached hydrogens (tertiary/aromatic N) is 1. The van der Waals surface area contributed by atoms with E-state index in [0.717, 1.165) is 16.5 Å². The first kappa shape index (κ1) is 19.3. The molecule has 1 heterocycles. The monoisotopic (exact) mass is 395 g/mol. The maximum absolute atomic E-state index is 12.9. The van der Waals surface area contributed by atoms with E-state index in [0.29, 0.717) is 11.3 Å². The van der Waals surface area contributed by atoms with E-state index in [1.165, 1.54) is 0 Å². The molecule has 0 aliphatic heterocycles. The minimum atomic E-state index is -0.452. The van der Waals surface area contributed by atoms with Gasteiger partial charge in [-0.1, -0.05) is 54.6 Å². The van der Waals surface area contributed by atoms with Crippen LogP contribution in [0.4, 0.5) is 5.69 Å². The molecule has 0 saturated heterocycles. The lowest BCUT2D eigenvalue weighted by molar-refractivity contribution is -0.116. The quantitative estimate of drug-likeness (QED) is 0.496. The van der Waals surface area contributed by atoms with Crippen molar-refractivity contribution in [2.45, 2.75) is 12.5 Å². The van der Waals surface area contributed by atoms with E-state index in [1.807, 2.05) is 78.9 Å². The molecule has 2 N–H and O–H groups in total. The van der Waals surface area contributed by atoms with Gasteiger partial charge in [0.05, 0.1) is 23.7 Å². The summed E-state index contributed by atoms with van der Waals surface area (Å²) in [6, 6.07) is 27.4. The van der Waals surface area contributed by atoms with Crippen LogP contribution >= 0.6 is 0 Å². The first-order valence-electron chi connectivity index (χ1n) is 9.75. The third kappa shape index (κ3) is 4.52. The molecule has 4 rings (SSSR count). The molecule has 2 amide bonds. The number of hydrogen-bond acceptors (Lipinski definition) is 3. The van der Waals surface area contributed by atoms with Crippen LogP contribution in [0, 0.1) is 0 Å². The van der Waals surface area contributed by atoms with Crippen LogP contribution in [0.2, 0.25) is 0 Å². The highest BCUT2D eigenvalue weighted by Gasteiger charge is 2.19. The lowest BCUT2D eigenvalue weighted by Gasteiger charge is -2.19. The second kappa shape index (κ2) is 9.01. The van der Waals surface area contributed by atoms with Crippen LogP contribution in [0.1, 0.15) is 28.4 Å². The Morgan fingerprint density at radius 3 is 2.30 bits per heavy atom. The Balaban J connectivity index is 1.54. The molecule has 5 heteroatoms. The van der Waals surface area contributed by atoms with Gasteiger partial charge < -0.3 is 10.6 Å². The van der Waals surface area contributed by atoms with E-state index in [4.69, 9.17) is 0 Å². The zero-order valence-electron chi connectivity index (χ0n) is 16.3. The lowest BCUT2D eigenvalue weighted by atomic mass is 10.0. The summed E-state index contributed by atoms with van der Waals surface area (Å²) in [5.41, 5.74) is 2.94. The summed E-state index contributed by atoms with van der Waals surface area (Å²) < 4.78 is 0. The Morgan fingerprint density at radius 1 is 0.800 bits per heavy atom. The van der Waals surface area contributed by atoms with Crippen molar-refractivity contribution in [3.05, 3.63) is 108 Å². The number of nitrogens with one attached hydrogen (secondary N) is 2. The maximum atomic E-state index is 12.9. The third-order valence-corrected chi connectivity index (χ3v) is 4.85. The normalized spacial score (nSPS) is 11.6. The first-order chi connectivity index (χ1) is 14.7. The summed E-state index contributed by atoms with van der Waals surface area (Å²) in [5.74, 6) is -0.403. The van der Waals surface area contributed by atoms with Gasteiger partial charge in [0.25, 0.3) is 5.91 Å². The van der Waals surface area contributed by atoms with Crippen molar-refractivity contribution < 1.29 is 9.59 Å². The summed E-state index contributed by atoms with van der Waals surface area (Å²) in [7, 11) is 0. The number of hydrogen-bond donors (Lipinski definition) is 2. The Kier molecular flexibility index (Phi) is 5.80. The molecule has 0 saturated carbocycles. The highest BCUT2D eigenvalue weighted by atomic mass is 16.2. The molecule has 1 unspecified atom stereocenters. The average Bonchev–Trinajstić information content (AvgIpc) is 2.80. The molecule has 0 radical (unpaired) electrons. The molecular weight excluding hydrogens is 374 g/mol. The molecule has 4 aromatic rings. The van der Waals surface area contributed by atoms with Crippen LogP contribution < -0.4 is 10.6 Å². The standard InChI is InChI=1S/C25H21N3O2/c29-24(27-22-15-7-14-21-20(22)13-8-16-26-21)17-23(18-9-3-1-4-10-18)28-25(30)19-11-5-2-6-12-19/h1-16,23H,17H2,(H,27,29)(H,28,30). The number of rotatable bonds is 6. The smallest absolute Gasteiger partial charge is 0.251 e. The number of anilines is 1. The van der Waals surface area contributed by atoms with E-state index < -0.39 is 6.04 Å². The molecule has 0 fully saturated rings. The molecule has 30 heavy (non-hydrogen) atoms. The van der Waals surface area contributed by atoms with E-state index in [1.54, 1.807) is 18.3 Å². The zero-order valence-corrected chi connectivity index (χ0v) is 16.3. The van der Waals surface area contributed by atoms with Crippen LogP contribution in [0.3, 0.4) is 0 Å². The summed E-state index contributed by atoms with van der Waals surface area (Å²) >= 11 is 0. The van der Waals surface area contributed by atoms with Crippen molar-refractivity contribution in [2.24, 2.45) is 0 Å². The van der Waals surface area contributed by atoms with Crippen LogP contribution in [0.5, 0.6) is 0 Å². The highest BCUT2D eigenvalue weighted by molar-refractivity contribution is 6.01. The van der Waals surface area contributed by atoms with Crippen LogP contribution in [-0.4, -0.2) is 16.8 Å². The predicted molar refractivity (Wildman–Crippen MR) is 118 cm³/mol. The molecule has 1 aromatic heterocycles. The molecule has 148 valence electrons. The molecule has 5 nitrogen and oxygen atoms in total. The Morgan fingerprint density at radius 2 is 1.53 bits per heavy atom. The van der Waals surface area contributed by atoms with E-state index in [-0.39, 0.29) is 18.2 Å². The molecule has 0 bridgehead atoms. The fraction of sp³-hybridized carbons (Fsp3) is 0.0800. The molecular formula is C25H21N3O2. The summed E-state index contributed by atoms with van der Waals surface area (Å²) in [6.45, 7) is 0. The van der Waals surface area contributed by atoms with Gasteiger partial charge in [-0.3, -0.25) is 14.6 Å². The van der Waals surface area contributed by atoms with Crippen molar-refractivity contribution in [3.63, 3.8) is 0 Å². The van der Waals surface area contributed by atoms with Gasteiger partial charge in [0.15, 0.2) is 0 Å². The molecule has 0 aliphatic rings. The largest absolute Gasteiger partial charge is 0.345 e. The summed E-state index contributed by atoms with van der Waals surface area (Å²) in [4.78, 5) is 29.9. The van der Waals surface area contributed by atoms with Gasteiger partial charge in [0, 0.05) is 17.1 Å². The number of benzene rings is 3. The summed E-state index contributed by atoms with van der Waals surface area (Å²) in [5, 5.41) is 6.83. The van der Waals surface area contributed by atoms with Crippen molar-refractivity contribution in [3.8, 4) is 0 Å². The number of fused-ring (bicyclic) bond motifs is 1. The SMILES string of the molecule is O=C(CC(NC(=O)c1ccccc1)c1ccccc1)Nc1cccc2ncccc12. The van der Waals surface area contributed by atoms with Crippen molar-refractivity contribution in [1.29, 1.82) is 0 Å². The number of carbonyl (C=O) groups is 2. The van der Waals surface area contributed by atoms with Crippen LogP contribution in [0.25, 0.3) is 10.9 Å². The molecule has 0 spiro atoms. The van der Waals surface area contributed by atoms with Gasteiger partial charge in [-0.05, 0) is 42.0 Å². The van der Waals surface area contributed by atoms with Gasteiger partial charge in [-0.2, -0.15) is 0 Å². The Hall–Kier alpha value is -3.99. The van der Waals surface area contributed by atoms with Crippen molar-refractivity contribution >= 4 is 28.4 Å². The van der Waals surface area contributed by atoms with Gasteiger partial charge >= 0.3 is 0 Å². The fourth-order valence-electron chi connectivity index (χ4n) is 3.37. The molecule has 1 atom stereocenters. The second-order valence-corrected chi connectivity index (χ2v) is 6.93.